The second-order valence-corrected chi connectivity index (χ2v) is 5.95. The number of methoxy groups -OCH3 is 1. The normalized spacial score (nSPS) is 10.8. The van der Waals surface area contributed by atoms with Gasteiger partial charge in [0.1, 0.15) is 5.75 Å². The molecule has 0 fully saturated rings. The number of hydrogen-bond donors (Lipinski definition) is 0. The van der Waals surface area contributed by atoms with Crippen LogP contribution in [-0.4, -0.2) is 34.5 Å². The van der Waals surface area contributed by atoms with Gasteiger partial charge in [-0.05, 0) is 34.9 Å². The van der Waals surface area contributed by atoms with Crippen LogP contribution in [0.15, 0.2) is 48.9 Å². The zero-order chi connectivity index (χ0) is 20.1. The molecule has 0 aliphatic heterocycles. The lowest BCUT2D eigenvalue weighted by molar-refractivity contribution is -0.0524. The van der Waals surface area contributed by atoms with Crippen molar-refractivity contribution >= 4 is 5.78 Å². The van der Waals surface area contributed by atoms with E-state index in [1.807, 2.05) is 0 Å². The summed E-state index contributed by atoms with van der Waals surface area (Å²) in [7, 11) is 1.52. The van der Waals surface area contributed by atoms with Crippen molar-refractivity contribution in [3.8, 4) is 22.8 Å². The molecule has 0 aliphatic rings. The van der Waals surface area contributed by atoms with Gasteiger partial charge in [0.15, 0.2) is 11.6 Å². The molecule has 0 N–H and O–H groups in total. The zero-order valence-corrected chi connectivity index (χ0v) is 15.2. The summed E-state index contributed by atoms with van der Waals surface area (Å²) in [5.74, 6) is 0.330. The number of nitrogens with zero attached hydrogens (tertiary/aromatic N) is 3. The Labute approximate surface area is 160 Å². The lowest BCUT2D eigenvalue weighted by Crippen LogP contribution is -2.06. The van der Waals surface area contributed by atoms with Gasteiger partial charge in [-0.25, -0.2) is 15.0 Å². The summed E-state index contributed by atoms with van der Waals surface area (Å²) in [5, 5.41) is 0. The quantitative estimate of drug-likeness (QED) is 0.574. The number of hydrogen-bond acceptors (Lipinski definition) is 6. The van der Waals surface area contributed by atoms with Gasteiger partial charge in [-0.1, -0.05) is 12.1 Å². The Hall–Kier alpha value is -3.42. The largest absolute Gasteiger partial charge is 0.497 e. The first-order valence-corrected chi connectivity index (χ1v) is 8.36. The molecule has 0 saturated heterocycles. The molecule has 28 heavy (non-hydrogen) atoms. The number of Topliss-reactive ketones (excluding diaryl/α,β-unsaturated/α-hetero) is 1. The number of ketones is 1. The average Bonchev–Trinajstić information content (AvgIpc) is 2.69. The van der Waals surface area contributed by atoms with Crippen molar-refractivity contribution in [1.82, 2.24) is 15.0 Å². The van der Waals surface area contributed by atoms with Gasteiger partial charge >= 0.3 is 6.61 Å². The van der Waals surface area contributed by atoms with Gasteiger partial charge in [0.25, 0.3) is 0 Å². The lowest BCUT2D eigenvalue weighted by atomic mass is 10.0. The molecular formula is C20H17F2N3O3. The van der Waals surface area contributed by atoms with Gasteiger partial charge in [-0.3, -0.25) is 4.79 Å². The topological polar surface area (TPSA) is 74.2 Å². The van der Waals surface area contributed by atoms with Crippen LogP contribution in [0.4, 0.5) is 8.78 Å². The van der Waals surface area contributed by atoms with Crippen molar-refractivity contribution in [3.63, 3.8) is 0 Å². The smallest absolute Gasteiger partial charge is 0.388 e. The highest BCUT2D eigenvalue weighted by atomic mass is 19.3. The predicted octanol–water partition coefficient (Wildman–Crippen LogP) is 3.94. The Morgan fingerprint density at radius 2 is 1.79 bits per heavy atom. The number of halogens is 2. The zero-order valence-electron chi connectivity index (χ0n) is 15.2. The lowest BCUT2D eigenvalue weighted by Gasteiger charge is -2.12. The second-order valence-electron chi connectivity index (χ2n) is 5.95. The number of benzene rings is 1. The van der Waals surface area contributed by atoms with Crippen LogP contribution in [0.2, 0.25) is 0 Å². The fourth-order valence-electron chi connectivity index (χ4n) is 2.63. The van der Waals surface area contributed by atoms with Gasteiger partial charge in [0, 0.05) is 37.5 Å². The van der Waals surface area contributed by atoms with E-state index in [2.05, 4.69) is 19.7 Å². The highest BCUT2D eigenvalue weighted by molar-refractivity contribution is 5.90. The molecule has 0 atom stereocenters. The summed E-state index contributed by atoms with van der Waals surface area (Å²) in [6, 6.07) is 8.69. The number of carbonyl (C=O) groups is 1. The summed E-state index contributed by atoms with van der Waals surface area (Å²) in [6.07, 6.45) is 4.98. The Morgan fingerprint density at radius 3 is 2.43 bits per heavy atom. The van der Waals surface area contributed by atoms with E-state index in [1.54, 1.807) is 42.7 Å². The Kier molecular flexibility index (Phi) is 5.88. The fourth-order valence-corrected chi connectivity index (χ4v) is 2.63. The summed E-state index contributed by atoms with van der Waals surface area (Å²) < 4.78 is 35.3. The maximum atomic E-state index is 12.8. The first kappa shape index (κ1) is 19.3. The highest BCUT2D eigenvalue weighted by Gasteiger charge is 2.15. The van der Waals surface area contributed by atoms with E-state index in [4.69, 9.17) is 4.74 Å². The molecule has 8 heteroatoms. The van der Waals surface area contributed by atoms with E-state index in [-0.39, 0.29) is 17.5 Å². The van der Waals surface area contributed by atoms with Crippen molar-refractivity contribution in [2.75, 3.05) is 7.11 Å². The van der Waals surface area contributed by atoms with E-state index in [0.29, 0.717) is 23.3 Å². The molecule has 3 aromatic rings. The first-order chi connectivity index (χ1) is 13.5. The maximum absolute atomic E-state index is 12.8. The minimum atomic E-state index is -2.99. The molecule has 0 saturated carbocycles. The molecular weight excluding hydrogens is 368 g/mol. The molecule has 0 bridgehead atoms. The van der Waals surface area contributed by atoms with E-state index < -0.39 is 6.61 Å². The molecule has 1 aromatic carbocycles. The standard InChI is InChI=1S/C20H17F2N3O3/c1-12(26)18-23-10-14(11-24-18)6-13-7-17(19(25-9-13)28-20(21)22)15-4-3-5-16(8-15)27-2/h3-5,7-11,20H,6H2,1-2H3. The van der Waals surface area contributed by atoms with Gasteiger partial charge in [0.05, 0.1) is 7.11 Å². The number of pyridine rings is 1. The molecule has 0 radical (unpaired) electrons. The third-order valence-corrected chi connectivity index (χ3v) is 3.92. The highest BCUT2D eigenvalue weighted by Crippen LogP contribution is 2.32. The molecule has 0 unspecified atom stereocenters. The van der Waals surface area contributed by atoms with Crippen molar-refractivity contribution in [2.24, 2.45) is 0 Å². The molecule has 0 amide bonds. The number of rotatable bonds is 7. The van der Waals surface area contributed by atoms with Crippen LogP contribution in [0, 0.1) is 0 Å². The molecule has 6 nitrogen and oxygen atoms in total. The number of alkyl halides is 2. The van der Waals surface area contributed by atoms with Gasteiger partial charge in [0.2, 0.25) is 5.88 Å². The monoisotopic (exact) mass is 385 g/mol. The van der Waals surface area contributed by atoms with E-state index in [0.717, 1.165) is 11.1 Å². The summed E-state index contributed by atoms with van der Waals surface area (Å²) in [5.41, 5.74) is 2.55. The molecule has 3 rings (SSSR count). The van der Waals surface area contributed by atoms with Crippen molar-refractivity contribution in [1.29, 1.82) is 0 Å². The Morgan fingerprint density at radius 1 is 1.07 bits per heavy atom. The van der Waals surface area contributed by atoms with Crippen LogP contribution in [-0.2, 0) is 6.42 Å². The Balaban J connectivity index is 1.95. The SMILES string of the molecule is COc1cccc(-c2cc(Cc3cnc(C(C)=O)nc3)cnc2OC(F)F)c1. The second kappa shape index (κ2) is 8.51. The van der Waals surface area contributed by atoms with Gasteiger partial charge < -0.3 is 9.47 Å². The number of ether oxygens (including phenoxy) is 2. The fraction of sp³-hybridized carbons (Fsp3) is 0.200. The molecule has 144 valence electrons. The molecule has 2 heterocycles. The molecule has 2 aromatic heterocycles. The van der Waals surface area contributed by atoms with E-state index in [9.17, 15) is 13.6 Å². The molecule has 0 spiro atoms. The summed E-state index contributed by atoms with van der Waals surface area (Å²) in [6.45, 7) is -1.60. The number of aromatic nitrogens is 3. The van der Waals surface area contributed by atoms with Gasteiger partial charge in [-0.15, -0.1) is 0 Å². The van der Waals surface area contributed by atoms with Crippen LogP contribution in [0.1, 0.15) is 28.7 Å². The first-order valence-electron chi connectivity index (χ1n) is 8.36. The van der Waals surface area contributed by atoms with Crippen LogP contribution in [0.5, 0.6) is 11.6 Å². The average molecular weight is 385 g/mol. The summed E-state index contributed by atoms with van der Waals surface area (Å²) in [4.78, 5) is 23.4. The third-order valence-electron chi connectivity index (χ3n) is 3.92. The minimum Gasteiger partial charge on any atom is -0.497 e. The van der Waals surface area contributed by atoms with Crippen LogP contribution >= 0.6 is 0 Å². The van der Waals surface area contributed by atoms with Crippen LogP contribution < -0.4 is 9.47 Å². The van der Waals surface area contributed by atoms with E-state index in [1.165, 1.54) is 20.2 Å². The number of carbonyl (C=O) groups excluding carboxylic acids is 1. The van der Waals surface area contributed by atoms with Crippen molar-refractivity contribution < 1.29 is 23.0 Å². The van der Waals surface area contributed by atoms with Crippen molar-refractivity contribution in [2.45, 2.75) is 20.0 Å². The minimum absolute atomic E-state index is 0.139. The van der Waals surface area contributed by atoms with Gasteiger partial charge in [-0.2, -0.15) is 8.78 Å². The Bertz CT molecular complexity index is 979. The van der Waals surface area contributed by atoms with E-state index >= 15 is 0 Å². The predicted molar refractivity (Wildman–Crippen MR) is 97.7 cm³/mol. The maximum Gasteiger partial charge on any atom is 0.388 e. The molecule has 0 aliphatic carbocycles. The van der Waals surface area contributed by atoms with Crippen molar-refractivity contribution in [3.05, 3.63) is 65.9 Å². The van der Waals surface area contributed by atoms with Crippen LogP contribution in [0.3, 0.4) is 0 Å². The summed E-state index contributed by atoms with van der Waals surface area (Å²) >= 11 is 0. The van der Waals surface area contributed by atoms with Crippen LogP contribution in [0.25, 0.3) is 11.1 Å². The third kappa shape index (κ3) is 4.64.